The van der Waals surface area contributed by atoms with Gasteiger partial charge >= 0.3 is 12.1 Å². The van der Waals surface area contributed by atoms with Crippen LogP contribution in [0.2, 0.25) is 0 Å². The summed E-state index contributed by atoms with van der Waals surface area (Å²) >= 11 is 0. The Hall–Kier alpha value is -0.780. The third-order valence-corrected chi connectivity index (χ3v) is 2.66. The molecule has 1 aliphatic carbocycles. The van der Waals surface area contributed by atoms with E-state index in [0.717, 1.165) is 0 Å². The number of ether oxygens (including phenoxy) is 1. The molecule has 1 rings (SSSR count). The summed E-state index contributed by atoms with van der Waals surface area (Å²) < 4.78 is 40.3. The van der Waals surface area contributed by atoms with Crippen LogP contribution in [0.5, 0.6) is 0 Å². The van der Waals surface area contributed by atoms with E-state index in [2.05, 4.69) is 4.74 Å². The lowest BCUT2D eigenvalue weighted by atomic mass is 9.84. The molecule has 3 nitrogen and oxygen atoms in total. The molecule has 0 aliphatic heterocycles. The standard InChI is InChI=1S/C9H14F3NO2/c1-8(4-2-6(13)3-5-8)15-7(14)9(10,11)12/h6H,2-5,13H2,1H3/t6-,8-. The minimum Gasteiger partial charge on any atom is -0.453 e. The highest BCUT2D eigenvalue weighted by Crippen LogP contribution is 2.32. The van der Waals surface area contributed by atoms with Crippen LogP contribution in [0.3, 0.4) is 0 Å². The average Bonchev–Trinajstić information content (AvgIpc) is 2.09. The van der Waals surface area contributed by atoms with Crippen molar-refractivity contribution < 1.29 is 22.7 Å². The highest BCUT2D eigenvalue weighted by molar-refractivity contribution is 5.76. The molecule has 0 radical (unpaired) electrons. The maximum absolute atomic E-state index is 12.0. The van der Waals surface area contributed by atoms with Gasteiger partial charge in [-0.15, -0.1) is 0 Å². The van der Waals surface area contributed by atoms with Crippen LogP contribution >= 0.6 is 0 Å². The first kappa shape index (κ1) is 12.3. The van der Waals surface area contributed by atoms with Gasteiger partial charge in [0.2, 0.25) is 0 Å². The van der Waals surface area contributed by atoms with Crippen molar-refractivity contribution in [2.75, 3.05) is 0 Å². The fraction of sp³-hybridized carbons (Fsp3) is 0.889. The lowest BCUT2D eigenvalue weighted by Crippen LogP contribution is -2.43. The molecule has 0 aromatic carbocycles. The second kappa shape index (κ2) is 4.00. The van der Waals surface area contributed by atoms with Crippen LogP contribution < -0.4 is 5.73 Å². The molecule has 0 heterocycles. The lowest BCUT2D eigenvalue weighted by molar-refractivity contribution is -0.215. The van der Waals surface area contributed by atoms with E-state index in [1.54, 1.807) is 0 Å². The quantitative estimate of drug-likeness (QED) is 0.692. The van der Waals surface area contributed by atoms with Crippen molar-refractivity contribution in [3.8, 4) is 0 Å². The van der Waals surface area contributed by atoms with E-state index < -0.39 is 17.7 Å². The van der Waals surface area contributed by atoms with Crippen LogP contribution in [0.1, 0.15) is 32.6 Å². The monoisotopic (exact) mass is 225 g/mol. The van der Waals surface area contributed by atoms with E-state index in [1.165, 1.54) is 6.92 Å². The van der Waals surface area contributed by atoms with E-state index in [1.807, 2.05) is 0 Å². The van der Waals surface area contributed by atoms with Gasteiger partial charge in [-0.2, -0.15) is 13.2 Å². The molecule has 0 unspecified atom stereocenters. The Balaban J connectivity index is 2.54. The van der Waals surface area contributed by atoms with Crippen LogP contribution in [-0.4, -0.2) is 23.8 Å². The summed E-state index contributed by atoms with van der Waals surface area (Å²) in [6, 6.07) is 0.00247. The Morgan fingerprint density at radius 2 is 1.87 bits per heavy atom. The molecule has 6 heteroatoms. The average molecular weight is 225 g/mol. The highest BCUT2D eigenvalue weighted by Gasteiger charge is 2.45. The molecular weight excluding hydrogens is 211 g/mol. The normalized spacial score (nSPS) is 32.5. The van der Waals surface area contributed by atoms with Gasteiger partial charge in [0.25, 0.3) is 0 Å². The summed E-state index contributed by atoms with van der Waals surface area (Å²) in [4.78, 5) is 10.6. The molecule has 0 amide bonds. The van der Waals surface area contributed by atoms with Gasteiger partial charge in [0.15, 0.2) is 0 Å². The molecule has 0 bridgehead atoms. The van der Waals surface area contributed by atoms with Crippen LogP contribution in [-0.2, 0) is 9.53 Å². The van der Waals surface area contributed by atoms with Gasteiger partial charge in [-0.1, -0.05) is 0 Å². The molecule has 1 aliphatic rings. The summed E-state index contributed by atoms with van der Waals surface area (Å²) in [5.41, 5.74) is 4.60. The van der Waals surface area contributed by atoms with Crippen molar-refractivity contribution in [3.05, 3.63) is 0 Å². The second-order valence-electron chi connectivity index (χ2n) is 4.17. The van der Waals surface area contributed by atoms with Crippen molar-refractivity contribution in [2.24, 2.45) is 5.73 Å². The fourth-order valence-corrected chi connectivity index (χ4v) is 1.63. The fourth-order valence-electron chi connectivity index (χ4n) is 1.63. The minimum atomic E-state index is -4.91. The van der Waals surface area contributed by atoms with Gasteiger partial charge in [-0.05, 0) is 32.6 Å². The predicted molar refractivity (Wildman–Crippen MR) is 47.0 cm³/mol. The van der Waals surface area contributed by atoms with Crippen molar-refractivity contribution >= 4 is 5.97 Å². The van der Waals surface area contributed by atoms with Crippen molar-refractivity contribution in [1.82, 2.24) is 0 Å². The minimum absolute atomic E-state index is 0.00247. The predicted octanol–water partition coefficient (Wildman–Crippen LogP) is 1.75. The Morgan fingerprint density at radius 1 is 1.40 bits per heavy atom. The number of alkyl halides is 3. The number of hydrogen-bond donors (Lipinski definition) is 1. The van der Waals surface area contributed by atoms with Gasteiger partial charge in [0, 0.05) is 6.04 Å². The zero-order chi connectivity index (χ0) is 11.7. The summed E-state index contributed by atoms with van der Waals surface area (Å²) in [6.07, 6.45) is -2.97. The Kier molecular flexibility index (Phi) is 3.28. The van der Waals surface area contributed by atoms with Crippen LogP contribution in [0.15, 0.2) is 0 Å². The second-order valence-corrected chi connectivity index (χ2v) is 4.17. The maximum atomic E-state index is 12.0. The number of esters is 1. The molecular formula is C9H14F3NO2. The largest absolute Gasteiger partial charge is 0.490 e. The number of nitrogens with two attached hydrogens (primary N) is 1. The molecule has 1 saturated carbocycles. The molecule has 88 valence electrons. The Labute approximate surface area is 85.8 Å². The van der Waals surface area contributed by atoms with E-state index in [9.17, 15) is 18.0 Å². The van der Waals surface area contributed by atoms with E-state index >= 15 is 0 Å². The zero-order valence-corrected chi connectivity index (χ0v) is 8.43. The van der Waals surface area contributed by atoms with Crippen molar-refractivity contribution in [1.29, 1.82) is 0 Å². The number of hydrogen-bond acceptors (Lipinski definition) is 3. The molecule has 0 spiro atoms. The van der Waals surface area contributed by atoms with E-state index in [0.29, 0.717) is 25.7 Å². The SMILES string of the molecule is C[C@]1(OC(=O)C(F)(F)F)CC[C@H](N)CC1. The molecule has 0 aromatic heterocycles. The Morgan fingerprint density at radius 3 is 2.27 bits per heavy atom. The molecule has 2 N–H and O–H groups in total. The van der Waals surface area contributed by atoms with Gasteiger partial charge in [0.1, 0.15) is 5.60 Å². The maximum Gasteiger partial charge on any atom is 0.490 e. The lowest BCUT2D eigenvalue weighted by Gasteiger charge is -2.35. The van der Waals surface area contributed by atoms with Crippen molar-refractivity contribution in [2.45, 2.75) is 50.4 Å². The summed E-state index contributed by atoms with van der Waals surface area (Å²) in [7, 11) is 0. The van der Waals surface area contributed by atoms with E-state index in [4.69, 9.17) is 5.73 Å². The molecule has 1 fully saturated rings. The van der Waals surface area contributed by atoms with Crippen LogP contribution in [0.25, 0.3) is 0 Å². The van der Waals surface area contributed by atoms with Crippen LogP contribution in [0.4, 0.5) is 13.2 Å². The number of halogens is 3. The summed E-state index contributed by atoms with van der Waals surface area (Å²) in [6.45, 7) is 1.52. The summed E-state index contributed by atoms with van der Waals surface area (Å²) in [5.74, 6) is -2.11. The molecule has 15 heavy (non-hydrogen) atoms. The molecule has 0 atom stereocenters. The third kappa shape index (κ3) is 3.37. The summed E-state index contributed by atoms with van der Waals surface area (Å²) in [5, 5.41) is 0. The van der Waals surface area contributed by atoms with E-state index in [-0.39, 0.29) is 6.04 Å². The third-order valence-electron chi connectivity index (χ3n) is 2.66. The number of carbonyl (C=O) groups excluding carboxylic acids is 1. The van der Waals surface area contributed by atoms with Gasteiger partial charge in [-0.25, -0.2) is 4.79 Å². The van der Waals surface area contributed by atoms with Gasteiger partial charge in [0.05, 0.1) is 0 Å². The number of rotatable bonds is 1. The topological polar surface area (TPSA) is 52.3 Å². The first-order valence-corrected chi connectivity index (χ1v) is 4.79. The van der Waals surface area contributed by atoms with Gasteiger partial charge in [-0.3, -0.25) is 0 Å². The van der Waals surface area contributed by atoms with Crippen molar-refractivity contribution in [3.63, 3.8) is 0 Å². The van der Waals surface area contributed by atoms with Crippen LogP contribution in [0, 0.1) is 0 Å². The molecule has 0 saturated heterocycles. The first-order chi connectivity index (χ1) is 6.73. The smallest absolute Gasteiger partial charge is 0.453 e. The first-order valence-electron chi connectivity index (χ1n) is 4.79. The zero-order valence-electron chi connectivity index (χ0n) is 8.43. The highest BCUT2D eigenvalue weighted by atomic mass is 19.4. The molecule has 0 aromatic rings. The van der Waals surface area contributed by atoms with Gasteiger partial charge < -0.3 is 10.5 Å². The number of carbonyl (C=O) groups is 1. The Bertz CT molecular complexity index is 244.